The zero-order valence-electron chi connectivity index (χ0n) is 10.8. The average Bonchev–Trinajstić information content (AvgIpc) is 2.31. The lowest BCUT2D eigenvalue weighted by Crippen LogP contribution is -2.41. The number of aliphatic hydroxyl groups is 1. The fourth-order valence-corrected chi connectivity index (χ4v) is 2.25. The van der Waals surface area contributed by atoms with E-state index >= 15 is 0 Å². The number of benzene rings is 1. The van der Waals surface area contributed by atoms with Gasteiger partial charge in [0.15, 0.2) is 0 Å². The van der Waals surface area contributed by atoms with Crippen LogP contribution in [0.4, 0.5) is 10.1 Å². The number of piperidine rings is 1. The molecule has 1 aliphatic rings. The summed E-state index contributed by atoms with van der Waals surface area (Å²) in [7, 11) is 0. The molecule has 1 aromatic carbocycles. The van der Waals surface area contributed by atoms with E-state index in [1.165, 1.54) is 12.1 Å². The number of nitrogens with zero attached hydrogens (tertiary/aromatic N) is 2. The Morgan fingerprint density at radius 2 is 2.11 bits per heavy atom. The minimum Gasteiger partial charge on any atom is -0.390 e. The molecule has 1 saturated heterocycles. The Morgan fingerprint density at radius 1 is 1.47 bits per heavy atom. The molecule has 1 N–H and O–H groups in total. The van der Waals surface area contributed by atoms with Crippen LogP contribution < -0.4 is 0 Å². The zero-order valence-corrected chi connectivity index (χ0v) is 10.8. The smallest absolute Gasteiger partial charge is 0.304 e. The third kappa shape index (κ3) is 3.48. The van der Waals surface area contributed by atoms with Crippen LogP contribution in [0, 0.1) is 15.9 Å². The molecule has 0 bridgehead atoms. The van der Waals surface area contributed by atoms with Crippen LogP contribution in [0.1, 0.15) is 25.3 Å². The summed E-state index contributed by atoms with van der Waals surface area (Å²) in [5.41, 5.74) is -0.396. The van der Waals surface area contributed by atoms with Crippen molar-refractivity contribution >= 4 is 5.69 Å². The van der Waals surface area contributed by atoms with E-state index in [0.717, 1.165) is 13.1 Å². The highest BCUT2D eigenvalue weighted by atomic mass is 19.1. The van der Waals surface area contributed by atoms with Gasteiger partial charge < -0.3 is 5.11 Å². The molecule has 1 fully saturated rings. The van der Waals surface area contributed by atoms with Crippen LogP contribution in [0.15, 0.2) is 18.2 Å². The molecule has 19 heavy (non-hydrogen) atoms. The van der Waals surface area contributed by atoms with Crippen molar-refractivity contribution in [3.8, 4) is 0 Å². The largest absolute Gasteiger partial charge is 0.390 e. The molecule has 1 heterocycles. The van der Waals surface area contributed by atoms with E-state index in [-0.39, 0.29) is 0 Å². The molecule has 0 aliphatic carbocycles. The molecule has 104 valence electrons. The van der Waals surface area contributed by atoms with Crippen molar-refractivity contribution in [3.63, 3.8) is 0 Å². The number of rotatable bonds is 3. The number of halogens is 1. The van der Waals surface area contributed by atoms with Crippen molar-refractivity contribution in [2.75, 3.05) is 13.1 Å². The fraction of sp³-hybridized carbons (Fsp3) is 0.538. The molecule has 6 heteroatoms. The van der Waals surface area contributed by atoms with Gasteiger partial charge in [-0.3, -0.25) is 15.0 Å². The highest BCUT2D eigenvalue weighted by Gasteiger charge is 2.27. The maximum atomic E-state index is 13.5. The van der Waals surface area contributed by atoms with Crippen molar-refractivity contribution < 1.29 is 14.4 Å². The van der Waals surface area contributed by atoms with Crippen LogP contribution in [0.5, 0.6) is 0 Å². The number of nitro benzene ring substituents is 1. The molecule has 1 aliphatic heterocycles. The molecular weight excluding hydrogens is 251 g/mol. The van der Waals surface area contributed by atoms with Gasteiger partial charge in [0.05, 0.1) is 10.5 Å². The Bertz CT molecular complexity index is 481. The molecule has 0 atom stereocenters. The summed E-state index contributed by atoms with van der Waals surface area (Å²) in [5, 5.41) is 20.4. The molecule has 0 aromatic heterocycles. The highest BCUT2D eigenvalue weighted by Crippen LogP contribution is 2.24. The SMILES string of the molecule is CC1(O)CCN(Cc2ccc([N+](=O)[O-])c(F)c2)CC1. The van der Waals surface area contributed by atoms with E-state index in [2.05, 4.69) is 4.90 Å². The number of likely N-dealkylation sites (tertiary alicyclic amines) is 1. The molecule has 1 aromatic rings. The summed E-state index contributed by atoms with van der Waals surface area (Å²) in [6.45, 7) is 3.85. The maximum Gasteiger partial charge on any atom is 0.304 e. The van der Waals surface area contributed by atoms with Gasteiger partial charge in [-0.1, -0.05) is 6.07 Å². The van der Waals surface area contributed by atoms with Gasteiger partial charge in [-0.2, -0.15) is 4.39 Å². The first-order valence-corrected chi connectivity index (χ1v) is 6.25. The Balaban J connectivity index is 2.01. The Hall–Kier alpha value is -1.53. The maximum absolute atomic E-state index is 13.5. The standard InChI is InChI=1S/C13H17FN2O3/c1-13(17)4-6-15(7-5-13)9-10-2-3-12(16(18)19)11(14)8-10/h2-3,8,17H,4-7,9H2,1H3. The Morgan fingerprint density at radius 3 is 2.63 bits per heavy atom. The topological polar surface area (TPSA) is 66.6 Å². The van der Waals surface area contributed by atoms with Gasteiger partial charge in [0.2, 0.25) is 5.82 Å². The summed E-state index contributed by atoms with van der Waals surface area (Å²) in [4.78, 5) is 11.9. The number of hydrogen-bond donors (Lipinski definition) is 1. The van der Waals surface area contributed by atoms with Gasteiger partial charge >= 0.3 is 5.69 Å². The van der Waals surface area contributed by atoms with Gasteiger partial charge in [0, 0.05) is 25.7 Å². The predicted molar refractivity (Wildman–Crippen MR) is 68.2 cm³/mol. The van der Waals surface area contributed by atoms with Crippen LogP contribution >= 0.6 is 0 Å². The van der Waals surface area contributed by atoms with E-state index in [1.54, 1.807) is 6.07 Å². The lowest BCUT2D eigenvalue weighted by molar-refractivity contribution is -0.387. The average molecular weight is 268 g/mol. The lowest BCUT2D eigenvalue weighted by atomic mass is 9.93. The van der Waals surface area contributed by atoms with E-state index in [1.807, 2.05) is 6.92 Å². The van der Waals surface area contributed by atoms with E-state index in [4.69, 9.17) is 0 Å². The molecule has 5 nitrogen and oxygen atoms in total. The first kappa shape index (κ1) is 13.9. The second kappa shape index (κ2) is 5.22. The number of nitro groups is 1. The molecule has 2 rings (SSSR count). The summed E-state index contributed by atoms with van der Waals surface area (Å²) in [5.74, 6) is -0.800. The normalized spacial score (nSPS) is 19.3. The molecule has 0 amide bonds. The van der Waals surface area contributed by atoms with E-state index < -0.39 is 22.0 Å². The summed E-state index contributed by atoms with van der Waals surface area (Å²) in [6, 6.07) is 3.99. The van der Waals surface area contributed by atoms with Gasteiger partial charge in [0.25, 0.3) is 0 Å². The first-order chi connectivity index (χ1) is 8.87. The van der Waals surface area contributed by atoms with Crippen molar-refractivity contribution in [3.05, 3.63) is 39.7 Å². The monoisotopic (exact) mass is 268 g/mol. The molecule has 0 saturated carbocycles. The highest BCUT2D eigenvalue weighted by molar-refractivity contribution is 5.35. The van der Waals surface area contributed by atoms with Crippen LogP contribution in [-0.4, -0.2) is 33.6 Å². The fourth-order valence-electron chi connectivity index (χ4n) is 2.25. The van der Waals surface area contributed by atoms with Crippen molar-refractivity contribution in [2.45, 2.75) is 31.9 Å². The van der Waals surface area contributed by atoms with Crippen LogP contribution in [0.3, 0.4) is 0 Å². The summed E-state index contributed by atoms with van der Waals surface area (Å²) >= 11 is 0. The molecule has 0 radical (unpaired) electrons. The minimum atomic E-state index is -0.800. The van der Waals surface area contributed by atoms with E-state index in [9.17, 15) is 19.6 Å². The number of hydrogen-bond acceptors (Lipinski definition) is 4. The molecular formula is C13H17FN2O3. The second-order valence-corrected chi connectivity index (χ2v) is 5.32. The van der Waals surface area contributed by atoms with Crippen LogP contribution in [-0.2, 0) is 6.54 Å². The first-order valence-electron chi connectivity index (χ1n) is 6.25. The Kier molecular flexibility index (Phi) is 3.82. The van der Waals surface area contributed by atoms with Crippen LogP contribution in [0.25, 0.3) is 0 Å². The zero-order chi connectivity index (χ0) is 14.0. The summed E-state index contributed by atoms with van der Waals surface area (Å²) < 4.78 is 13.5. The van der Waals surface area contributed by atoms with Crippen molar-refractivity contribution in [1.82, 2.24) is 4.90 Å². The van der Waals surface area contributed by atoms with Crippen molar-refractivity contribution in [2.24, 2.45) is 0 Å². The van der Waals surface area contributed by atoms with Gasteiger partial charge in [-0.25, -0.2) is 0 Å². The Labute approximate surface area is 110 Å². The van der Waals surface area contributed by atoms with E-state index in [0.29, 0.717) is 24.9 Å². The quantitative estimate of drug-likeness (QED) is 0.673. The third-order valence-corrected chi connectivity index (χ3v) is 3.55. The lowest BCUT2D eigenvalue weighted by Gasteiger charge is -2.35. The van der Waals surface area contributed by atoms with Gasteiger partial charge in [-0.15, -0.1) is 0 Å². The molecule has 0 spiro atoms. The summed E-state index contributed by atoms with van der Waals surface area (Å²) in [6.07, 6.45) is 1.37. The van der Waals surface area contributed by atoms with Crippen LogP contribution in [0.2, 0.25) is 0 Å². The van der Waals surface area contributed by atoms with Gasteiger partial charge in [0.1, 0.15) is 0 Å². The molecule has 0 unspecified atom stereocenters. The minimum absolute atomic E-state index is 0.495. The second-order valence-electron chi connectivity index (χ2n) is 5.32. The van der Waals surface area contributed by atoms with Crippen molar-refractivity contribution in [1.29, 1.82) is 0 Å². The third-order valence-electron chi connectivity index (χ3n) is 3.55. The predicted octanol–water partition coefficient (Wildman–Crippen LogP) is 2.08. The van der Waals surface area contributed by atoms with Gasteiger partial charge in [-0.05, 0) is 31.4 Å².